The first-order valence-electron chi connectivity index (χ1n) is 13.4. The summed E-state index contributed by atoms with van der Waals surface area (Å²) in [5.41, 5.74) is -0.278. The van der Waals surface area contributed by atoms with Gasteiger partial charge in [-0.05, 0) is 91.8 Å². The molecule has 0 radical (unpaired) electrons. The Morgan fingerprint density at radius 2 is 1.74 bits per heavy atom. The summed E-state index contributed by atoms with van der Waals surface area (Å²) in [5.74, 6) is -3.69. The van der Waals surface area contributed by atoms with Gasteiger partial charge in [0, 0.05) is 25.3 Å². The Morgan fingerprint density at radius 3 is 2.43 bits per heavy atom. The van der Waals surface area contributed by atoms with E-state index in [0.29, 0.717) is 12.8 Å². The second-order valence-corrected chi connectivity index (χ2v) is 14.3. The monoisotopic (exact) mass is 519 g/mol. The Morgan fingerprint density at radius 1 is 1.09 bits per heavy atom. The van der Waals surface area contributed by atoms with Crippen molar-refractivity contribution in [3.8, 4) is 0 Å². The quantitative estimate of drug-likeness (QED) is 0.424. The van der Waals surface area contributed by atoms with Gasteiger partial charge in [-0.3, -0.25) is 9.35 Å². The molecule has 0 aromatic rings. The maximum absolute atomic E-state index is 15.8. The molecule has 0 bridgehead atoms. The molecule has 9 atom stereocenters. The van der Waals surface area contributed by atoms with Crippen molar-refractivity contribution >= 4 is 16.0 Å². The van der Waals surface area contributed by atoms with E-state index in [1.54, 1.807) is 0 Å². The predicted octanol–water partition coefficient (Wildman–Crippen LogP) is 4.67. The smallest absolute Gasteiger partial charge is 0.266 e. The Bertz CT molecular complexity index is 913. The van der Waals surface area contributed by atoms with Gasteiger partial charge < -0.3 is 10.4 Å². The Labute approximate surface area is 208 Å². The highest BCUT2D eigenvalue weighted by atomic mass is 32.2. The first kappa shape index (κ1) is 27.2. The zero-order valence-corrected chi connectivity index (χ0v) is 22.1. The minimum atomic E-state index is -4.11. The maximum atomic E-state index is 15.8. The summed E-state index contributed by atoms with van der Waals surface area (Å²) in [6.07, 6.45) is 5.88. The third-order valence-corrected chi connectivity index (χ3v) is 11.6. The van der Waals surface area contributed by atoms with Crippen LogP contribution < -0.4 is 5.32 Å². The minimum absolute atomic E-state index is 0.00413. The van der Waals surface area contributed by atoms with Crippen molar-refractivity contribution in [2.45, 2.75) is 97.0 Å². The topological polar surface area (TPSA) is 104 Å². The van der Waals surface area contributed by atoms with Gasteiger partial charge >= 0.3 is 0 Å². The van der Waals surface area contributed by atoms with E-state index in [0.717, 1.165) is 38.5 Å². The number of amides is 1. The molecule has 9 unspecified atom stereocenters. The molecule has 0 heterocycles. The van der Waals surface area contributed by atoms with Crippen LogP contribution in [-0.4, -0.2) is 48.3 Å². The van der Waals surface area contributed by atoms with E-state index in [-0.39, 0.29) is 65.7 Å². The molecule has 0 aromatic carbocycles. The fourth-order valence-electron chi connectivity index (χ4n) is 9.08. The number of hydrogen-bond acceptors (Lipinski definition) is 4. The molecule has 9 heteroatoms. The van der Waals surface area contributed by atoms with Crippen molar-refractivity contribution < 1.29 is 31.7 Å². The van der Waals surface area contributed by atoms with E-state index in [9.17, 15) is 18.3 Å². The minimum Gasteiger partial charge on any atom is -0.393 e. The van der Waals surface area contributed by atoms with Crippen LogP contribution in [0, 0.1) is 46.3 Å². The maximum Gasteiger partial charge on any atom is 0.266 e. The van der Waals surface area contributed by atoms with Gasteiger partial charge in [-0.1, -0.05) is 20.8 Å². The summed E-state index contributed by atoms with van der Waals surface area (Å²) in [7, 11) is -4.11. The Hall–Kier alpha value is -0.800. The average molecular weight is 520 g/mol. The average Bonchev–Trinajstić information content (AvgIpc) is 3.09. The highest BCUT2D eigenvalue weighted by Crippen LogP contribution is 2.71. The number of aliphatic hydroxyl groups excluding tert-OH is 1. The van der Waals surface area contributed by atoms with Gasteiger partial charge in [-0.2, -0.15) is 8.42 Å². The molecule has 4 saturated carbocycles. The normalized spacial score (nSPS) is 43.5. The molecule has 3 N–H and O–H groups in total. The summed E-state index contributed by atoms with van der Waals surface area (Å²) in [4.78, 5) is 12.2. The molecule has 4 aliphatic rings. The second kappa shape index (κ2) is 9.50. The molecular weight excluding hydrogens is 476 g/mol. The van der Waals surface area contributed by atoms with Crippen LogP contribution in [0.3, 0.4) is 0 Å². The molecule has 35 heavy (non-hydrogen) atoms. The standard InChI is InChI=1S/C26H43F2NO5S/c1-16(4-7-22(31)29-12-13-35(32,33)34)19-5-6-20-23-21(9-11-25(19,20)3)24(2)10-8-18(30)14-17(24)15-26(23,27)28/h16-21,23,30H,4-15H2,1-3H3,(H,29,31)(H,32,33,34). The van der Waals surface area contributed by atoms with Crippen LogP contribution in [0.4, 0.5) is 8.78 Å². The summed E-state index contributed by atoms with van der Waals surface area (Å²) in [5, 5.41) is 12.7. The summed E-state index contributed by atoms with van der Waals surface area (Å²) in [6.45, 7) is 6.43. The number of rotatable bonds is 7. The van der Waals surface area contributed by atoms with Gasteiger partial charge in [0.25, 0.3) is 16.0 Å². The first-order valence-corrected chi connectivity index (χ1v) is 15.1. The van der Waals surface area contributed by atoms with Gasteiger partial charge in [-0.25, -0.2) is 8.78 Å². The van der Waals surface area contributed by atoms with Crippen LogP contribution >= 0.6 is 0 Å². The van der Waals surface area contributed by atoms with E-state index >= 15 is 8.78 Å². The van der Waals surface area contributed by atoms with Crippen molar-refractivity contribution in [1.29, 1.82) is 0 Å². The lowest BCUT2D eigenvalue weighted by molar-refractivity contribution is -0.238. The highest BCUT2D eigenvalue weighted by molar-refractivity contribution is 7.85. The van der Waals surface area contributed by atoms with Crippen LogP contribution in [0.25, 0.3) is 0 Å². The number of carbonyl (C=O) groups excluding carboxylic acids is 1. The van der Waals surface area contributed by atoms with Gasteiger partial charge in [0.05, 0.1) is 11.9 Å². The summed E-state index contributed by atoms with van der Waals surface area (Å²) >= 11 is 0. The van der Waals surface area contributed by atoms with Crippen LogP contribution in [0.1, 0.15) is 85.0 Å². The molecule has 0 aliphatic heterocycles. The lowest BCUT2D eigenvalue weighted by Crippen LogP contribution is -2.61. The fraction of sp³-hybridized carbons (Fsp3) is 0.962. The van der Waals surface area contributed by atoms with E-state index in [1.165, 1.54) is 0 Å². The third-order valence-electron chi connectivity index (χ3n) is 10.9. The number of hydrogen-bond donors (Lipinski definition) is 3. The molecule has 4 rings (SSSR count). The Balaban J connectivity index is 1.43. The molecule has 202 valence electrons. The van der Waals surface area contributed by atoms with E-state index in [4.69, 9.17) is 4.55 Å². The zero-order valence-electron chi connectivity index (χ0n) is 21.3. The molecule has 6 nitrogen and oxygen atoms in total. The number of nitrogens with one attached hydrogen (secondary N) is 1. The van der Waals surface area contributed by atoms with Gasteiger partial charge in [0.2, 0.25) is 5.91 Å². The molecular formula is C26H43F2NO5S. The molecule has 4 fully saturated rings. The third kappa shape index (κ3) is 5.15. The van der Waals surface area contributed by atoms with Gasteiger partial charge in [0.15, 0.2) is 0 Å². The summed E-state index contributed by atoms with van der Waals surface area (Å²) in [6, 6.07) is 0. The van der Waals surface area contributed by atoms with Crippen LogP contribution in [-0.2, 0) is 14.9 Å². The highest BCUT2D eigenvalue weighted by Gasteiger charge is 2.68. The largest absolute Gasteiger partial charge is 0.393 e. The molecule has 0 aromatic heterocycles. The van der Waals surface area contributed by atoms with E-state index in [1.807, 2.05) is 0 Å². The van der Waals surface area contributed by atoms with Crippen molar-refractivity contribution in [3.63, 3.8) is 0 Å². The van der Waals surface area contributed by atoms with Crippen molar-refractivity contribution in [2.24, 2.45) is 46.3 Å². The van der Waals surface area contributed by atoms with Crippen molar-refractivity contribution in [1.82, 2.24) is 5.32 Å². The number of aliphatic hydroxyl groups is 1. The first-order chi connectivity index (χ1) is 16.2. The summed E-state index contributed by atoms with van der Waals surface area (Å²) < 4.78 is 62.0. The van der Waals surface area contributed by atoms with Gasteiger partial charge in [0.1, 0.15) is 0 Å². The number of halogens is 2. The molecule has 0 saturated heterocycles. The molecule has 0 spiro atoms. The molecule has 1 amide bonds. The SMILES string of the molecule is CC(CCC(=O)NCCS(=O)(=O)O)C1CCC2C3C(CCC12C)C1(C)CCC(O)CC1CC3(F)F. The van der Waals surface area contributed by atoms with Crippen LogP contribution in [0.2, 0.25) is 0 Å². The molecule has 4 aliphatic carbocycles. The predicted molar refractivity (Wildman–Crippen MR) is 129 cm³/mol. The van der Waals surface area contributed by atoms with Crippen LogP contribution in [0.5, 0.6) is 0 Å². The second-order valence-electron chi connectivity index (χ2n) is 12.7. The van der Waals surface area contributed by atoms with Crippen molar-refractivity contribution in [3.05, 3.63) is 0 Å². The van der Waals surface area contributed by atoms with E-state index in [2.05, 4.69) is 26.1 Å². The lowest BCUT2D eigenvalue weighted by Gasteiger charge is -2.63. The zero-order chi connectivity index (χ0) is 25.8. The van der Waals surface area contributed by atoms with E-state index < -0.39 is 33.8 Å². The van der Waals surface area contributed by atoms with Gasteiger partial charge in [-0.15, -0.1) is 0 Å². The number of fused-ring (bicyclic) bond motifs is 5. The van der Waals surface area contributed by atoms with Crippen molar-refractivity contribution in [2.75, 3.05) is 12.3 Å². The van der Waals surface area contributed by atoms with Crippen LogP contribution in [0.15, 0.2) is 0 Å². The lowest BCUT2D eigenvalue weighted by atomic mass is 9.43. The number of carbonyl (C=O) groups is 1. The fourth-order valence-corrected chi connectivity index (χ4v) is 9.44. The number of alkyl halides is 2. The Kier molecular flexibility index (Phi) is 7.39.